The number of para-hydroxylation sites is 2. The number of hydrogen-bond acceptors (Lipinski definition) is 4. The Labute approximate surface area is 74.9 Å². The highest BCUT2D eigenvalue weighted by Crippen LogP contribution is 2.32. The average molecular weight is 177 g/mol. The van der Waals surface area contributed by atoms with Gasteiger partial charge in [-0.3, -0.25) is 0 Å². The molecule has 0 aromatic heterocycles. The van der Waals surface area contributed by atoms with Gasteiger partial charge in [0.1, 0.15) is 6.07 Å². The lowest BCUT2D eigenvalue weighted by atomic mass is 10.2. The van der Waals surface area contributed by atoms with Crippen molar-refractivity contribution in [3.05, 3.63) is 24.3 Å². The van der Waals surface area contributed by atoms with E-state index in [9.17, 15) is 5.11 Å². The summed E-state index contributed by atoms with van der Waals surface area (Å²) in [5.74, 6) is 0.945. The molecule has 0 aliphatic carbocycles. The van der Waals surface area contributed by atoms with Crippen LogP contribution in [0.25, 0.3) is 0 Å². The molecule has 1 N–H and O–H groups in total. The lowest BCUT2D eigenvalue weighted by molar-refractivity contribution is -0.0930. The molecule has 0 radical (unpaired) electrons. The summed E-state index contributed by atoms with van der Waals surface area (Å²) in [6.07, 6.45) is -2.16. The molecule has 1 aliphatic rings. The summed E-state index contributed by atoms with van der Waals surface area (Å²) in [7, 11) is 0. The van der Waals surface area contributed by atoms with Crippen molar-refractivity contribution in [3.8, 4) is 17.6 Å². The summed E-state index contributed by atoms with van der Waals surface area (Å²) in [6, 6.07) is 8.69. The Morgan fingerprint density at radius 2 is 1.85 bits per heavy atom. The van der Waals surface area contributed by atoms with Crippen LogP contribution < -0.4 is 9.47 Å². The Bertz CT molecular complexity index is 358. The summed E-state index contributed by atoms with van der Waals surface area (Å²) in [5.41, 5.74) is 0. The molecule has 4 heteroatoms. The van der Waals surface area contributed by atoms with Crippen LogP contribution in [0.15, 0.2) is 24.3 Å². The Balaban J connectivity index is 2.34. The van der Waals surface area contributed by atoms with Crippen LogP contribution in [0.5, 0.6) is 11.5 Å². The fourth-order valence-electron chi connectivity index (χ4n) is 1.12. The Kier molecular flexibility index (Phi) is 1.80. The van der Waals surface area contributed by atoms with Crippen molar-refractivity contribution in [1.29, 1.82) is 5.26 Å². The molecule has 2 atom stereocenters. The van der Waals surface area contributed by atoms with Crippen LogP contribution in [0.3, 0.4) is 0 Å². The van der Waals surface area contributed by atoms with Gasteiger partial charge in [-0.15, -0.1) is 0 Å². The molecule has 0 fully saturated rings. The fourth-order valence-corrected chi connectivity index (χ4v) is 1.12. The first-order valence-electron chi connectivity index (χ1n) is 3.81. The molecule has 0 spiro atoms. The van der Waals surface area contributed by atoms with Crippen molar-refractivity contribution in [1.82, 2.24) is 0 Å². The van der Waals surface area contributed by atoms with Gasteiger partial charge in [0.2, 0.25) is 12.4 Å². The number of nitriles is 1. The molecule has 0 saturated heterocycles. The van der Waals surface area contributed by atoms with E-state index in [1.165, 1.54) is 0 Å². The van der Waals surface area contributed by atoms with Gasteiger partial charge in [0, 0.05) is 0 Å². The van der Waals surface area contributed by atoms with Gasteiger partial charge in [-0.2, -0.15) is 5.26 Å². The summed E-state index contributed by atoms with van der Waals surface area (Å²) < 4.78 is 10.2. The minimum absolute atomic E-state index is 0.460. The topological polar surface area (TPSA) is 62.5 Å². The maximum absolute atomic E-state index is 9.25. The first-order valence-corrected chi connectivity index (χ1v) is 3.81. The van der Waals surface area contributed by atoms with E-state index < -0.39 is 12.4 Å². The van der Waals surface area contributed by atoms with Gasteiger partial charge < -0.3 is 14.6 Å². The van der Waals surface area contributed by atoms with Gasteiger partial charge in [-0.1, -0.05) is 12.1 Å². The van der Waals surface area contributed by atoms with E-state index in [2.05, 4.69) is 0 Å². The number of nitrogens with zero attached hydrogens (tertiary/aromatic N) is 1. The Morgan fingerprint density at radius 3 is 2.46 bits per heavy atom. The quantitative estimate of drug-likeness (QED) is 0.632. The van der Waals surface area contributed by atoms with Crippen LogP contribution in [0.2, 0.25) is 0 Å². The maximum Gasteiger partial charge on any atom is 0.248 e. The Morgan fingerprint density at radius 1 is 1.23 bits per heavy atom. The zero-order valence-electron chi connectivity index (χ0n) is 6.68. The Hall–Kier alpha value is -1.73. The van der Waals surface area contributed by atoms with Crippen molar-refractivity contribution >= 4 is 0 Å². The molecule has 2 rings (SSSR count). The fraction of sp³-hybridized carbons (Fsp3) is 0.222. The van der Waals surface area contributed by atoms with E-state index in [1.807, 2.05) is 0 Å². The summed E-state index contributed by atoms with van der Waals surface area (Å²) in [5, 5.41) is 17.8. The number of hydrogen-bond donors (Lipinski definition) is 1. The van der Waals surface area contributed by atoms with Crippen LogP contribution in [-0.4, -0.2) is 17.5 Å². The molecule has 1 aliphatic heterocycles. The third-order valence-corrected chi connectivity index (χ3v) is 1.74. The van der Waals surface area contributed by atoms with Crippen LogP contribution in [0.1, 0.15) is 0 Å². The zero-order valence-corrected chi connectivity index (χ0v) is 6.68. The SMILES string of the molecule is N#CC1Oc2ccccc2OC1O. The second-order valence-corrected chi connectivity index (χ2v) is 2.62. The zero-order chi connectivity index (χ0) is 9.26. The third kappa shape index (κ3) is 1.30. The molecule has 1 heterocycles. The van der Waals surface area contributed by atoms with Gasteiger partial charge in [-0.25, -0.2) is 0 Å². The highest BCUT2D eigenvalue weighted by atomic mass is 16.7. The lowest BCUT2D eigenvalue weighted by Crippen LogP contribution is -2.38. The number of ether oxygens (including phenoxy) is 2. The first kappa shape index (κ1) is 7.90. The van der Waals surface area contributed by atoms with Crippen LogP contribution >= 0.6 is 0 Å². The number of rotatable bonds is 0. The van der Waals surface area contributed by atoms with Gasteiger partial charge >= 0.3 is 0 Å². The first-order chi connectivity index (χ1) is 6.31. The van der Waals surface area contributed by atoms with Gasteiger partial charge in [-0.05, 0) is 12.1 Å². The molecular weight excluding hydrogens is 170 g/mol. The van der Waals surface area contributed by atoms with E-state index >= 15 is 0 Å². The van der Waals surface area contributed by atoms with Crippen molar-refractivity contribution in [2.75, 3.05) is 0 Å². The number of fused-ring (bicyclic) bond motifs is 1. The van der Waals surface area contributed by atoms with Crippen molar-refractivity contribution < 1.29 is 14.6 Å². The molecule has 4 nitrogen and oxygen atoms in total. The molecule has 66 valence electrons. The van der Waals surface area contributed by atoms with Crippen molar-refractivity contribution in [3.63, 3.8) is 0 Å². The molecule has 13 heavy (non-hydrogen) atoms. The van der Waals surface area contributed by atoms with E-state index in [1.54, 1.807) is 30.3 Å². The molecule has 1 aromatic rings. The second-order valence-electron chi connectivity index (χ2n) is 2.62. The highest BCUT2D eigenvalue weighted by molar-refractivity contribution is 5.41. The van der Waals surface area contributed by atoms with Gasteiger partial charge in [0.05, 0.1) is 0 Å². The number of benzene rings is 1. The number of aliphatic hydroxyl groups is 1. The molecule has 0 saturated carbocycles. The highest BCUT2D eigenvalue weighted by Gasteiger charge is 2.29. The van der Waals surface area contributed by atoms with Crippen LogP contribution in [0, 0.1) is 11.3 Å². The largest absolute Gasteiger partial charge is 0.465 e. The van der Waals surface area contributed by atoms with Crippen molar-refractivity contribution in [2.24, 2.45) is 0 Å². The minimum atomic E-state index is -1.21. The average Bonchev–Trinajstić information content (AvgIpc) is 2.17. The predicted molar refractivity (Wildman–Crippen MR) is 43.1 cm³/mol. The van der Waals surface area contributed by atoms with E-state index in [-0.39, 0.29) is 0 Å². The maximum atomic E-state index is 9.25. The van der Waals surface area contributed by atoms with Crippen LogP contribution in [-0.2, 0) is 0 Å². The molecule has 0 amide bonds. The van der Waals surface area contributed by atoms with Gasteiger partial charge in [0.15, 0.2) is 11.5 Å². The minimum Gasteiger partial charge on any atom is -0.465 e. The van der Waals surface area contributed by atoms with Crippen LogP contribution in [0.4, 0.5) is 0 Å². The summed E-state index contributed by atoms with van der Waals surface area (Å²) in [4.78, 5) is 0. The van der Waals surface area contributed by atoms with E-state index in [0.717, 1.165) is 0 Å². The normalized spacial score (nSPS) is 24.9. The standard InChI is InChI=1S/C9H7NO3/c10-5-8-9(11)13-7-4-2-1-3-6(7)12-8/h1-4,8-9,11H. The smallest absolute Gasteiger partial charge is 0.248 e. The van der Waals surface area contributed by atoms with Gasteiger partial charge in [0.25, 0.3) is 0 Å². The summed E-state index contributed by atoms with van der Waals surface area (Å²) >= 11 is 0. The van der Waals surface area contributed by atoms with E-state index in [4.69, 9.17) is 14.7 Å². The molecule has 0 bridgehead atoms. The van der Waals surface area contributed by atoms with Crippen molar-refractivity contribution in [2.45, 2.75) is 12.4 Å². The molecule has 2 unspecified atom stereocenters. The molecular formula is C9H7NO3. The van der Waals surface area contributed by atoms with E-state index in [0.29, 0.717) is 11.5 Å². The monoisotopic (exact) mass is 177 g/mol. The summed E-state index contributed by atoms with van der Waals surface area (Å²) in [6.45, 7) is 0. The third-order valence-electron chi connectivity index (χ3n) is 1.74. The number of aliphatic hydroxyl groups excluding tert-OH is 1. The second kappa shape index (κ2) is 2.96. The predicted octanol–water partition coefficient (Wildman–Crippen LogP) is 0.668. The lowest BCUT2D eigenvalue weighted by Gasteiger charge is -2.26. The molecule has 1 aromatic carbocycles.